The first-order valence-corrected chi connectivity index (χ1v) is 4.29. The SMILES string of the molecule is C=CC([S])C1=CCCCC1. The Morgan fingerprint density at radius 2 is 2.40 bits per heavy atom. The second-order valence-corrected chi connectivity index (χ2v) is 3.19. The molecule has 0 aromatic carbocycles. The van der Waals surface area contributed by atoms with E-state index in [-0.39, 0.29) is 5.25 Å². The van der Waals surface area contributed by atoms with E-state index in [1.165, 1.54) is 31.3 Å². The molecule has 0 aromatic rings. The Labute approximate surface area is 68.4 Å². The average molecular weight is 153 g/mol. The van der Waals surface area contributed by atoms with E-state index in [1.807, 2.05) is 6.08 Å². The van der Waals surface area contributed by atoms with Gasteiger partial charge in [-0.25, -0.2) is 0 Å². The molecule has 0 amide bonds. The molecule has 0 fully saturated rings. The summed E-state index contributed by atoms with van der Waals surface area (Å²) in [6.45, 7) is 3.69. The Hall–Kier alpha value is -0.170. The summed E-state index contributed by atoms with van der Waals surface area (Å²) in [5, 5.41) is 0.195. The van der Waals surface area contributed by atoms with Crippen LogP contribution in [-0.2, 0) is 0 Å². The Kier molecular flexibility index (Phi) is 3.07. The third-order valence-electron chi connectivity index (χ3n) is 1.91. The van der Waals surface area contributed by atoms with Gasteiger partial charge in [-0.05, 0) is 25.7 Å². The second-order valence-electron chi connectivity index (χ2n) is 2.68. The highest BCUT2D eigenvalue weighted by Gasteiger charge is 2.08. The fraction of sp³-hybridized carbons (Fsp3) is 0.556. The zero-order valence-electron chi connectivity index (χ0n) is 6.18. The lowest BCUT2D eigenvalue weighted by Crippen LogP contribution is -2.02. The molecule has 0 aliphatic heterocycles. The summed E-state index contributed by atoms with van der Waals surface area (Å²) in [7, 11) is 0. The first-order valence-electron chi connectivity index (χ1n) is 3.82. The van der Waals surface area contributed by atoms with Crippen LogP contribution in [0.5, 0.6) is 0 Å². The van der Waals surface area contributed by atoms with Crippen molar-refractivity contribution in [3.8, 4) is 0 Å². The quantitative estimate of drug-likeness (QED) is 0.534. The summed E-state index contributed by atoms with van der Waals surface area (Å²) in [5.41, 5.74) is 1.41. The molecule has 1 rings (SSSR count). The minimum absolute atomic E-state index is 0.195. The van der Waals surface area contributed by atoms with E-state index in [4.69, 9.17) is 12.6 Å². The van der Waals surface area contributed by atoms with Crippen LogP contribution in [0.15, 0.2) is 24.3 Å². The van der Waals surface area contributed by atoms with Crippen molar-refractivity contribution in [2.45, 2.75) is 30.9 Å². The fourth-order valence-electron chi connectivity index (χ4n) is 1.27. The van der Waals surface area contributed by atoms with Crippen LogP contribution in [0.3, 0.4) is 0 Å². The molecule has 1 unspecified atom stereocenters. The van der Waals surface area contributed by atoms with Crippen LogP contribution >= 0.6 is 12.6 Å². The molecule has 1 aliphatic rings. The van der Waals surface area contributed by atoms with Gasteiger partial charge in [-0.2, -0.15) is 0 Å². The normalized spacial score (nSPS) is 21.5. The Balaban J connectivity index is 2.52. The van der Waals surface area contributed by atoms with Gasteiger partial charge < -0.3 is 0 Å². The first kappa shape index (κ1) is 7.93. The van der Waals surface area contributed by atoms with Crippen molar-refractivity contribution < 1.29 is 0 Å². The van der Waals surface area contributed by atoms with Crippen LogP contribution in [0.2, 0.25) is 0 Å². The van der Waals surface area contributed by atoms with E-state index in [0.717, 1.165) is 0 Å². The van der Waals surface area contributed by atoms with Crippen LogP contribution in [0.25, 0.3) is 0 Å². The van der Waals surface area contributed by atoms with Gasteiger partial charge >= 0.3 is 0 Å². The van der Waals surface area contributed by atoms with Gasteiger partial charge in [0.25, 0.3) is 0 Å². The molecule has 0 aromatic heterocycles. The topological polar surface area (TPSA) is 0 Å². The fourth-order valence-corrected chi connectivity index (χ4v) is 1.49. The highest BCUT2D eigenvalue weighted by Crippen LogP contribution is 2.23. The Morgan fingerprint density at radius 1 is 1.60 bits per heavy atom. The molecule has 0 heterocycles. The summed E-state index contributed by atoms with van der Waals surface area (Å²) in [5.74, 6) is 0. The molecule has 0 bridgehead atoms. The number of hydrogen-bond acceptors (Lipinski definition) is 0. The van der Waals surface area contributed by atoms with E-state index in [2.05, 4.69) is 12.7 Å². The van der Waals surface area contributed by atoms with Crippen LogP contribution in [0.1, 0.15) is 25.7 Å². The lowest BCUT2D eigenvalue weighted by atomic mass is 9.97. The molecule has 10 heavy (non-hydrogen) atoms. The standard InChI is InChI=1S/C9H13S/c1-2-9(10)8-6-4-3-5-7-8/h2,6,9H,1,3-5,7H2. The lowest BCUT2D eigenvalue weighted by Gasteiger charge is -2.14. The molecule has 1 radical (unpaired) electrons. The predicted molar refractivity (Wildman–Crippen MR) is 48.1 cm³/mol. The summed E-state index contributed by atoms with van der Waals surface area (Å²) in [6, 6.07) is 0. The molecule has 0 spiro atoms. The largest absolute Gasteiger partial charge is 0.102 e. The molecule has 0 saturated heterocycles. The van der Waals surface area contributed by atoms with Gasteiger partial charge in [-0.3, -0.25) is 0 Å². The zero-order valence-corrected chi connectivity index (χ0v) is 6.99. The highest BCUT2D eigenvalue weighted by molar-refractivity contribution is 7.81. The van der Waals surface area contributed by atoms with Crippen molar-refractivity contribution >= 4 is 12.6 Å². The zero-order chi connectivity index (χ0) is 7.40. The van der Waals surface area contributed by atoms with E-state index >= 15 is 0 Å². The maximum absolute atomic E-state index is 5.17. The number of hydrogen-bond donors (Lipinski definition) is 0. The van der Waals surface area contributed by atoms with E-state index in [1.54, 1.807) is 0 Å². The van der Waals surface area contributed by atoms with Gasteiger partial charge in [0.15, 0.2) is 0 Å². The smallest absolute Gasteiger partial charge is 0.0538 e. The second kappa shape index (κ2) is 3.87. The minimum Gasteiger partial charge on any atom is -0.102 e. The maximum atomic E-state index is 5.17. The van der Waals surface area contributed by atoms with Crippen molar-refractivity contribution in [2.24, 2.45) is 0 Å². The molecule has 1 aliphatic carbocycles. The van der Waals surface area contributed by atoms with Crippen molar-refractivity contribution in [3.63, 3.8) is 0 Å². The average Bonchev–Trinajstić information content (AvgIpc) is 2.05. The minimum atomic E-state index is 0.195. The molecular weight excluding hydrogens is 140 g/mol. The van der Waals surface area contributed by atoms with E-state index in [9.17, 15) is 0 Å². The molecule has 1 heteroatoms. The van der Waals surface area contributed by atoms with Crippen LogP contribution < -0.4 is 0 Å². The van der Waals surface area contributed by atoms with Gasteiger partial charge in [0.1, 0.15) is 0 Å². The monoisotopic (exact) mass is 153 g/mol. The van der Waals surface area contributed by atoms with Crippen LogP contribution in [0.4, 0.5) is 0 Å². The third-order valence-corrected chi connectivity index (χ3v) is 2.40. The molecule has 1 atom stereocenters. The predicted octanol–water partition coefficient (Wildman–Crippen LogP) is 3.24. The molecular formula is C9H13S. The van der Waals surface area contributed by atoms with Crippen molar-refractivity contribution in [1.82, 2.24) is 0 Å². The molecule has 0 N–H and O–H groups in total. The number of allylic oxidation sites excluding steroid dienone is 1. The van der Waals surface area contributed by atoms with Crippen molar-refractivity contribution in [2.75, 3.05) is 0 Å². The van der Waals surface area contributed by atoms with Gasteiger partial charge in [0.2, 0.25) is 0 Å². The Bertz CT molecular complexity index is 147. The maximum Gasteiger partial charge on any atom is 0.0538 e. The Morgan fingerprint density at radius 3 is 2.90 bits per heavy atom. The molecule has 0 nitrogen and oxygen atoms in total. The molecule has 0 saturated carbocycles. The van der Waals surface area contributed by atoms with Gasteiger partial charge in [-0.1, -0.05) is 30.4 Å². The van der Waals surface area contributed by atoms with E-state index < -0.39 is 0 Å². The first-order chi connectivity index (χ1) is 4.84. The summed E-state index contributed by atoms with van der Waals surface area (Å²) < 4.78 is 0. The lowest BCUT2D eigenvalue weighted by molar-refractivity contribution is 0.694. The number of rotatable bonds is 2. The van der Waals surface area contributed by atoms with Crippen molar-refractivity contribution in [3.05, 3.63) is 24.3 Å². The summed E-state index contributed by atoms with van der Waals surface area (Å²) in [4.78, 5) is 0. The van der Waals surface area contributed by atoms with Crippen LogP contribution in [-0.4, -0.2) is 5.25 Å². The summed E-state index contributed by atoms with van der Waals surface area (Å²) in [6.07, 6.45) is 9.20. The summed E-state index contributed by atoms with van der Waals surface area (Å²) >= 11 is 5.17. The van der Waals surface area contributed by atoms with Gasteiger partial charge in [0.05, 0.1) is 5.25 Å². The van der Waals surface area contributed by atoms with Gasteiger partial charge in [-0.15, -0.1) is 6.58 Å². The third kappa shape index (κ3) is 1.91. The van der Waals surface area contributed by atoms with Crippen molar-refractivity contribution in [1.29, 1.82) is 0 Å². The molecule has 55 valence electrons. The van der Waals surface area contributed by atoms with E-state index in [0.29, 0.717) is 0 Å². The van der Waals surface area contributed by atoms with Crippen LogP contribution in [0, 0.1) is 0 Å². The highest BCUT2D eigenvalue weighted by atomic mass is 32.1. The van der Waals surface area contributed by atoms with Gasteiger partial charge in [0, 0.05) is 0 Å².